The Morgan fingerprint density at radius 2 is 1.81 bits per heavy atom. The minimum absolute atomic E-state index is 0.0157. The smallest absolute Gasteiger partial charge is 0.240 e. The van der Waals surface area contributed by atoms with Crippen LogP contribution in [-0.2, 0) is 22.0 Å². The van der Waals surface area contributed by atoms with Crippen molar-refractivity contribution in [3.8, 4) is 10.6 Å². The molecule has 7 heteroatoms. The molecule has 3 rings (SSSR count). The fourth-order valence-electron chi connectivity index (χ4n) is 2.58. The summed E-state index contributed by atoms with van der Waals surface area (Å²) in [6, 6.07) is 10.8. The van der Waals surface area contributed by atoms with Crippen LogP contribution < -0.4 is 4.72 Å². The highest BCUT2D eigenvalue weighted by Crippen LogP contribution is 2.28. The van der Waals surface area contributed by atoms with E-state index in [9.17, 15) is 8.42 Å². The highest BCUT2D eigenvalue weighted by atomic mass is 32.2. The van der Waals surface area contributed by atoms with Gasteiger partial charge >= 0.3 is 0 Å². The predicted molar refractivity (Wildman–Crippen MR) is 109 cm³/mol. The van der Waals surface area contributed by atoms with Crippen molar-refractivity contribution in [1.29, 1.82) is 0 Å². The summed E-state index contributed by atoms with van der Waals surface area (Å²) in [5, 5.41) is 0.837. The molecule has 5 nitrogen and oxygen atoms in total. The lowest BCUT2D eigenvalue weighted by molar-refractivity contribution is 0.578. The summed E-state index contributed by atoms with van der Waals surface area (Å²) in [6.45, 7) is 8.40. The zero-order valence-electron chi connectivity index (χ0n) is 15.9. The Morgan fingerprint density at radius 1 is 1.11 bits per heavy atom. The van der Waals surface area contributed by atoms with Gasteiger partial charge in [0.15, 0.2) is 0 Å². The lowest BCUT2D eigenvalue weighted by Crippen LogP contribution is -2.23. The van der Waals surface area contributed by atoms with Crippen LogP contribution in [0, 0.1) is 6.92 Å². The van der Waals surface area contributed by atoms with Crippen LogP contribution in [0.1, 0.15) is 36.9 Å². The van der Waals surface area contributed by atoms with E-state index < -0.39 is 10.0 Å². The number of rotatable bonds is 5. The van der Waals surface area contributed by atoms with Crippen LogP contribution in [0.25, 0.3) is 10.6 Å². The van der Waals surface area contributed by atoms with E-state index in [-0.39, 0.29) is 16.9 Å². The van der Waals surface area contributed by atoms with Gasteiger partial charge in [0, 0.05) is 29.4 Å². The van der Waals surface area contributed by atoms with Crippen LogP contribution in [0.2, 0.25) is 0 Å². The monoisotopic (exact) mass is 401 g/mol. The van der Waals surface area contributed by atoms with Crippen molar-refractivity contribution in [2.75, 3.05) is 0 Å². The van der Waals surface area contributed by atoms with Crippen LogP contribution >= 0.6 is 11.3 Å². The first-order chi connectivity index (χ1) is 12.7. The molecule has 142 valence electrons. The minimum atomic E-state index is -3.58. The number of hydrogen-bond acceptors (Lipinski definition) is 5. The molecule has 2 heterocycles. The third-order valence-corrected chi connectivity index (χ3v) is 6.88. The second kappa shape index (κ2) is 7.50. The van der Waals surface area contributed by atoms with Crippen LogP contribution in [0.5, 0.6) is 0 Å². The number of pyridine rings is 1. The summed E-state index contributed by atoms with van der Waals surface area (Å²) in [4.78, 5) is 9.80. The van der Waals surface area contributed by atoms with Gasteiger partial charge in [-0.05, 0) is 42.2 Å². The van der Waals surface area contributed by atoms with Crippen LogP contribution in [0.15, 0.2) is 53.7 Å². The van der Waals surface area contributed by atoms with Crippen molar-refractivity contribution in [2.45, 2.75) is 44.6 Å². The van der Waals surface area contributed by atoms with Gasteiger partial charge < -0.3 is 0 Å². The molecule has 0 aliphatic rings. The maximum absolute atomic E-state index is 12.6. The molecule has 0 atom stereocenters. The van der Waals surface area contributed by atoms with Gasteiger partial charge in [0.2, 0.25) is 10.0 Å². The van der Waals surface area contributed by atoms with Gasteiger partial charge in [0.25, 0.3) is 0 Å². The third-order valence-electron chi connectivity index (χ3n) is 4.25. The molecule has 0 spiro atoms. The SMILES string of the molecule is Cc1nc(-c2cccnc2)sc1CNS(=O)(=O)c1ccc(C(C)(C)C)cc1. The van der Waals surface area contributed by atoms with E-state index in [1.54, 1.807) is 24.5 Å². The first-order valence-electron chi connectivity index (χ1n) is 8.64. The van der Waals surface area contributed by atoms with E-state index in [4.69, 9.17) is 0 Å². The standard InChI is InChI=1S/C20H23N3O2S2/c1-14-18(26-19(23-14)15-6-5-11-21-12-15)13-22-27(24,25)17-9-7-16(8-10-17)20(2,3)4/h5-12,22H,13H2,1-4H3. The zero-order chi connectivity index (χ0) is 19.7. The highest BCUT2D eigenvalue weighted by Gasteiger charge is 2.18. The van der Waals surface area contributed by atoms with Gasteiger partial charge in [-0.15, -0.1) is 11.3 Å². The number of aryl methyl sites for hydroxylation is 1. The van der Waals surface area contributed by atoms with Crippen molar-refractivity contribution < 1.29 is 8.42 Å². The van der Waals surface area contributed by atoms with E-state index >= 15 is 0 Å². The van der Waals surface area contributed by atoms with Gasteiger partial charge in [-0.1, -0.05) is 32.9 Å². The third kappa shape index (κ3) is 4.61. The number of aromatic nitrogens is 2. The molecule has 0 saturated heterocycles. The number of nitrogens with zero attached hydrogens (tertiary/aromatic N) is 2. The molecule has 1 aromatic carbocycles. The van der Waals surface area contributed by atoms with Gasteiger partial charge in [-0.25, -0.2) is 18.1 Å². The van der Waals surface area contributed by atoms with Gasteiger partial charge in [-0.2, -0.15) is 0 Å². The molecule has 0 amide bonds. The molecule has 0 saturated carbocycles. The predicted octanol–water partition coefficient (Wildman–Crippen LogP) is 4.29. The molecule has 3 aromatic rings. The first kappa shape index (κ1) is 19.7. The Kier molecular flexibility index (Phi) is 5.46. The van der Waals surface area contributed by atoms with Crippen molar-refractivity contribution in [3.05, 3.63) is 64.9 Å². The first-order valence-corrected chi connectivity index (χ1v) is 10.9. The summed E-state index contributed by atoms with van der Waals surface area (Å²) in [5.74, 6) is 0. The number of thiazole rings is 1. The van der Waals surface area contributed by atoms with Gasteiger partial charge in [-0.3, -0.25) is 4.98 Å². The van der Waals surface area contributed by atoms with Crippen molar-refractivity contribution in [3.63, 3.8) is 0 Å². The van der Waals surface area contributed by atoms with Gasteiger partial charge in [0.05, 0.1) is 10.6 Å². The Morgan fingerprint density at radius 3 is 2.41 bits per heavy atom. The van der Waals surface area contributed by atoms with E-state index in [1.807, 2.05) is 31.2 Å². The summed E-state index contributed by atoms with van der Waals surface area (Å²) >= 11 is 1.48. The van der Waals surface area contributed by atoms with Gasteiger partial charge in [0.1, 0.15) is 5.01 Å². The number of sulfonamides is 1. The maximum Gasteiger partial charge on any atom is 0.240 e. The average Bonchev–Trinajstić information content (AvgIpc) is 3.01. The molecular weight excluding hydrogens is 378 g/mol. The van der Waals surface area contributed by atoms with E-state index in [1.165, 1.54) is 11.3 Å². The fourth-order valence-corrected chi connectivity index (χ4v) is 4.66. The van der Waals surface area contributed by atoms with Crippen LogP contribution in [-0.4, -0.2) is 18.4 Å². The van der Waals surface area contributed by atoms with Crippen LogP contribution in [0.4, 0.5) is 0 Å². The Labute approximate surface area is 164 Å². The normalized spacial score (nSPS) is 12.3. The molecule has 2 aromatic heterocycles. The number of benzene rings is 1. The van der Waals surface area contributed by atoms with Crippen LogP contribution in [0.3, 0.4) is 0 Å². The molecular formula is C20H23N3O2S2. The quantitative estimate of drug-likeness (QED) is 0.692. The number of nitrogens with one attached hydrogen (secondary N) is 1. The molecule has 0 unspecified atom stereocenters. The van der Waals surface area contributed by atoms with E-state index in [2.05, 4.69) is 35.5 Å². The maximum atomic E-state index is 12.6. The summed E-state index contributed by atoms with van der Waals surface area (Å²) in [7, 11) is -3.58. The highest BCUT2D eigenvalue weighted by molar-refractivity contribution is 7.89. The molecule has 0 bridgehead atoms. The second-order valence-electron chi connectivity index (χ2n) is 7.37. The molecule has 0 fully saturated rings. The minimum Gasteiger partial charge on any atom is -0.264 e. The molecule has 0 aliphatic carbocycles. The lowest BCUT2D eigenvalue weighted by Gasteiger charge is -2.19. The van der Waals surface area contributed by atoms with Crippen molar-refractivity contribution in [2.24, 2.45) is 0 Å². The topological polar surface area (TPSA) is 72.0 Å². The molecule has 0 radical (unpaired) electrons. The molecule has 1 N–H and O–H groups in total. The largest absolute Gasteiger partial charge is 0.264 e. The van der Waals surface area contributed by atoms with Crippen molar-refractivity contribution in [1.82, 2.24) is 14.7 Å². The lowest BCUT2D eigenvalue weighted by atomic mass is 9.87. The average molecular weight is 402 g/mol. The number of hydrogen-bond donors (Lipinski definition) is 1. The second-order valence-corrected chi connectivity index (χ2v) is 10.2. The fraction of sp³-hybridized carbons (Fsp3) is 0.300. The van der Waals surface area contributed by atoms with E-state index in [0.29, 0.717) is 0 Å². The van der Waals surface area contributed by atoms with Crippen molar-refractivity contribution >= 4 is 21.4 Å². The summed E-state index contributed by atoms with van der Waals surface area (Å²) in [5.41, 5.74) is 2.83. The summed E-state index contributed by atoms with van der Waals surface area (Å²) < 4.78 is 27.9. The Hall–Kier alpha value is -2.09. The zero-order valence-corrected chi connectivity index (χ0v) is 17.5. The summed E-state index contributed by atoms with van der Waals surface area (Å²) in [6.07, 6.45) is 3.47. The molecule has 0 aliphatic heterocycles. The van der Waals surface area contributed by atoms with E-state index in [0.717, 1.165) is 26.7 Å². The Balaban J connectivity index is 1.75. The Bertz CT molecular complexity index is 1020. The molecule has 27 heavy (non-hydrogen) atoms.